The van der Waals surface area contributed by atoms with Crippen LogP contribution in [0.1, 0.15) is 0 Å². The second-order valence-electron chi connectivity index (χ2n) is 14.3. The van der Waals surface area contributed by atoms with Crippen molar-refractivity contribution in [1.82, 2.24) is 19.5 Å². The molecule has 8 aromatic carbocycles. The summed E-state index contributed by atoms with van der Waals surface area (Å²) in [6.45, 7) is 0. The lowest BCUT2D eigenvalue weighted by molar-refractivity contribution is 0.669. The Bertz CT molecular complexity index is 3530. The van der Waals surface area contributed by atoms with Crippen molar-refractivity contribution in [3.63, 3.8) is 0 Å². The molecule has 0 spiro atoms. The quantitative estimate of drug-likeness (QED) is 0.176. The third-order valence-electron chi connectivity index (χ3n) is 11.1. The highest BCUT2D eigenvalue weighted by atomic mass is 16.3. The molecule has 0 aliphatic carbocycles. The van der Waals surface area contributed by atoms with Crippen LogP contribution in [0.5, 0.6) is 0 Å². The molecule has 0 atom stereocenters. The minimum Gasteiger partial charge on any atom is -0.456 e. The Hall–Kier alpha value is -7.83. The summed E-state index contributed by atoms with van der Waals surface area (Å²) in [5, 5.41) is 6.37. The highest BCUT2D eigenvalue weighted by Crippen LogP contribution is 2.43. The number of fused-ring (bicyclic) bond motifs is 9. The van der Waals surface area contributed by atoms with Crippen molar-refractivity contribution >= 4 is 65.7 Å². The zero-order valence-corrected chi connectivity index (χ0v) is 30.4. The van der Waals surface area contributed by atoms with E-state index >= 15 is 0 Å². The fraction of sp³-hybridized carbons (Fsp3) is 0. The van der Waals surface area contributed by atoms with Gasteiger partial charge in [0.2, 0.25) is 0 Å². The Morgan fingerprint density at radius 2 is 0.912 bits per heavy atom. The van der Waals surface area contributed by atoms with Crippen LogP contribution in [0.2, 0.25) is 0 Å². The molecule has 57 heavy (non-hydrogen) atoms. The van der Waals surface area contributed by atoms with Gasteiger partial charge in [-0.3, -0.25) is 0 Å². The first-order valence-corrected chi connectivity index (χ1v) is 19.0. The normalized spacial score (nSPS) is 11.9. The number of hydrogen-bond donors (Lipinski definition) is 0. The highest BCUT2D eigenvalue weighted by molar-refractivity contribution is 6.16. The van der Waals surface area contributed by atoms with Crippen molar-refractivity contribution in [2.45, 2.75) is 0 Å². The van der Waals surface area contributed by atoms with E-state index in [0.29, 0.717) is 17.5 Å². The molecule has 12 rings (SSSR count). The number of aromatic nitrogens is 4. The van der Waals surface area contributed by atoms with Gasteiger partial charge in [-0.05, 0) is 48.0 Å². The molecule has 0 aliphatic heterocycles. The summed E-state index contributed by atoms with van der Waals surface area (Å²) in [7, 11) is 0. The summed E-state index contributed by atoms with van der Waals surface area (Å²) in [5.74, 6) is 1.73. The van der Waals surface area contributed by atoms with E-state index < -0.39 is 0 Å². The minimum absolute atomic E-state index is 0.566. The first-order valence-electron chi connectivity index (χ1n) is 19.0. The zero-order chi connectivity index (χ0) is 37.5. The maximum atomic E-state index is 6.82. The van der Waals surface area contributed by atoms with Gasteiger partial charge in [-0.15, -0.1) is 0 Å². The molecule has 4 heterocycles. The Labute approximate surface area is 325 Å². The number of nitrogens with zero attached hydrogens (tertiary/aromatic N) is 4. The fourth-order valence-corrected chi connectivity index (χ4v) is 8.55. The van der Waals surface area contributed by atoms with Crippen LogP contribution in [0, 0.1) is 0 Å². The van der Waals surface area contributed by atoms with E-state index in [9.17, 15) is 0 Å². The summed E-state index contributed by atoms with van der Waals surface area (Å²) >= 11 is 0. The van der Waals surface area contributed by atoms with Gasteiger partial charge in [-0.1, -0.05) is 140 Å². The molecular weight excluding hydrogens is 701 g/mol. The van der Waals surface area contributed by atoms with Gasteiger partial charge in [-0.2, -0.15) is 0 Å². The standard InChI is InChI=1S/C51H30N4O2/c1-3-14-31(15-4-1)49-52-50(39-22-12-26-44-46(39)37-19-8-10-25-43(37)56-44)54-51(53-49)40-23-13-27-45-47(40)38-21-11-20-34(48(38)57-45)32-28-29-36-35-18-7-9-24-41(35)55(42(36)30-32)33-16-5-2-6-17-33/h1-30H. The van der Waals surface area contributed by atoms with Crippen molar-refractivity contribution in [2.24, 2.45) is 0 Å². The average molecular weight is 731 g/mol. The van der Waals surface area contributed by atoms with Gasteiger partial charge < -0.3 is 13.4 Å². The molecule has 0 saturated heterocycles. The fourth-order valence-electron chi connectivity index (χ4n) is 8.55. The van der Waals surface area contributed by atoms with Crippen molar-refractivity contribution in [3.8, 4) is 51.0 Å². The molecule has 0 fully saturated rings. The maximum Gasteiger partial charge on any atom is 0.164 e. The molecule has 12 aromatic rings. The van der Waals surface area contributed by atoms with E-state index in [2.05, 4.69) is 114 Å². The third kappa shape index (κ3) is 4.87. The molecule has 0 bridgehead atoms. The van der Waals surface area contributed by atoms with Crippen molar-refractivity contribution in [3.05, 3.63) is 182 Å². The SMILES string of the molecule is c1ccc(-c2nc(-c3cccc4oc5ccccc5c34)nc(-c3cccc4oc5c(-c6ccc7c8ccccc8n(-c8ccccc8)c7c6)cccc5c34)n2)cc1. The lowest BCUT2D eigenvalue weighted by Crippen LogP contribution is -2.00. The van der Waals surface area contributed by atoms with Crippen molar-refractivity contribution in [2.75, 3.05) is 0 Å². The Kier molecular flexibility index (Phi) is 6.83. The van der Waals surface area contributed by atoms with Crippen LogP contribution < -0.4 is 0 Å². The predicted molar refractivity (Wildman–Crippen MR) is 230 cm³/mol. The number of benzene rings is 8. The van der Waals surface area contributed by atoms with E-state index in [1.807, 2.05) is 72.8 Å². The van der Waals surface area contributed by atoms with E-state index in [-0.39, 0.29) is 0 Å². The molecule has 0 radical (unpaired) electrons. The van der Waals surface area contributed by atoms with Crippen LogP contribution in [0.3, 0.4) is 0 Å². The molecule has 0 saturated carbocycles. The second-order valence-corrected chi connectivity index (χ2v) is 14.3. The van der Waals surface area contributed by atoms with E-state index in [0.717, 1.165) is 82.9 Å². The van der Waals surface area contributed by atoms with Gasteiger partial charge in [0.05, 0.1) is 11.0 Å². The lowest BCUT2D eigenvalue weighted by Gasteiger charge is -2.10. The summed E-state index contributed by atoms with van der Waals surface area (Å²) in [4.78, 5) is 15.5. The van der Waals surface area contributed by atoms with Gasteiger partial charge in [0.1, 0.15) is 22.3 Å². The molecule has 0 amide bonds. The summed E-state index contributed by atoms with van der Waals surface area (Å²) < 4.78 is 15.4. The summed E-state index contributed by atoms with van der Waals surface area (Å²) in [5.41, 5.74) is 11.4. The Morgan fingerprint density at radius 3 is 1.70 bits per heavy atom. The van der Waals surface area contributed by atoms with Crippen LogP contribution in [0.15, 0.2) is 191 Å². The predicted octanol–water partition coefficient (Wildman–Crippen LogP) is 13.4. The van der Waals surface area contributed by atoms with Crippen molar-refractivity contribution in [1.29, 1.82) is 0 Å². The first-order chi connectivity index (χ1) is 28.3. The smallest absolute Gasteiger partial charge is 0.164 e. The zero-order valence-electron chi connectivity index (χ0n) is 30.4. The Morgan fingerprint density at radius 1 is 0.351 bits per heavy atom. The molecule has 266 valence electrons. The monoisotopic (exact) mass is 730 g/mol. The number of hydrogen-bond acceptors (Lipinski definition) is 5. The topological polar surface area (TPSA) is 69.9 Å². The largest absolute Gasteiger partial charge is 0.456 e. The van der Waals surface area contributed by atoms with E-state index in [1.54, 1.807) is 0 Å². The van der Waals surface area contributed by atoms with Gasteiger partial charge in [0, 0.05) is 60.3 Å². The molecule has 6 heteroatoms. The minimum atomic E-state index is 0.566. The summed E-state index contributed by atoms with van der Waals surface area (Å²) in [6, 6.07) is 62.6. The number of para-hydroxylation sites is 4. The average Bonchev–Trinajstić information content (AvgIpc) is 3.96. The lowest BCUT2D eigenvalue weighted by atomic mass is 9.99. The highest BCUT2D eigenvalue weighted by Gasteiger charge is 2.22. The molecule has 0 unspecified atom stereocenters. The maximum absolute atomic E-state index is 6.82. The van der Waals surface area contributed by atoms with Crippen LogP contribution in [0.4, 0.5) is 0 Å². The number of rotatable bonds is 5. The molecular formula is C51H30N4O2. The van der Waals surface area contributed by atoms with E-state index in [1.165, 1.54) is 16.3 Å². The summed E-state index contributed by atoms with van der Waals surface area (Å²) in [6.07, 6.45) is 0. The molecule has 6 nitrogen and oxygen atoms in total. The van der Waals surface area contributed by atoms with Gasteiger partial charge >= 0.3 is 0 Å². The number of furan rings is 2. The van der Waals surface area contributed by atoms with Crippen LogP contribution >= 0.6 is 0 Å². The van der Waals surface area contributed by atoms with Crippen molar-refractivity contribution < 1.29 is 8.83 Å². The van der Waals surface area contributed by atoms with Gasteiger partial charge in [-0.25, -0.2) is 15.0 Å². The second kappa shape index (κ2) is 12.3. The molecule has 0 aliphatic rings. The van der Waals surface area contributed by atoms with Crippen LogP contribution in [-0.2, 0) is 0 Å². The van der Waals surface area contributed by atoms with Gasteiger partial charge in [0.25, 0.3) is 0 Å². The molecule has 4 aromatic heterocycles. The van der Waals surface area contributed by atoms with Crippen LogP contribution in [0.25, 0.3) is 117 Å². The van der Waals surface area contributed by atoms with Crippen LogP contribution in [-0.4, -0.2) is 19.5 Å². The first kappa shape index (κ1) is 31.5. The van der Waals surface area contributed by atoms with E-state index in [4.69, 9.17) is 23.8 Å². The Balaban J connectivity index is 1.08. The third-order valence-corrected chi connectivity index (χ3v) is 11.1. The molecule has 0 N–H and O–H groups in total. The van der Waals surface area contributed by atoms with Gasteiger partial charge in [0.15, 0.2) is 17.5 Å².